The maximum atomic E-state index is 11.3. The molecule has 7 heteroatoms. The van der Waals surface area contributed by atoms with Crippen molar-refractivity contribution >= 4 is 17.4 Å². The number of hydrogen-bond donors (Lipinski definition) is 1. The number of fused-ring (bicyclic) bond motifs is 1. The minimum Gasteiger partial charge on any atom is -0.353 e. The fourth-order valence-corrected chi connectivity index (χ4v) is 3.15. The first kappa shape index (κ1) is 13.5. The molecule has 3 heterocycles. The van der Waals surface area contributed by atoms with Crippen molar-refractivity contribution in [2.24, 2.45) is 0 Å². The van der Waals surface area contributed by atoms with Gasteiger partial charge in [-0.05, 0) is 37.8 Å². The van der Waals surface area contributed by atoms with Crippen LogP contribution in [-0.2, 0) is 4.79 Å². The zero-order chi connectivity index (χ0) is 15.1. The van der Waals surface area contributed by atoms with E-state index in [0.29, 0.717) is 5.92 Å². The summed E-state index contributed by atoms with van der Waals surface area (Å²) >= 11 is 0. The number of amides is 1. The van der Waals surface area contributed by atoms with E-state index in [0.717, 1.165) is 43.2 Å². The second-order valence-corrected chi connectivity index (χ2v) is 6.28. The van der Waals surface area contributed by atoms with Crippen molar-refractivity contribution < 1.29 is 4.79 Å². The zero-order valence-corrected chi connectivity index (χ0v) is 12.7. The van der Waals surface area contributed by atoms with Crippen LogP contribution in [0.5, 0.6) is 0 Å². The van der Waals surface area contributed by atoms with E-state index in [4.69, 9.17) is 5.10 Å². The summed E-state index contributed by atoms with van der Waals surface area (Å²) in [6, 6.07) is 4.17. The predicted octanol–water partition coefficient (Wildman–Crippen LogP) is 1.11. The van der Waals surface area contributed by atoms with Gasteiger partial charge in [0.15, 0.2) is 11.5 Å². The molecule has 7 nitrogen and oxygen atoms in total. The van der Waals surface area contributed by atoms with Crippen molar-refractivity contribution in [3.8, 4) is 0 Å². The SMILES string of the molecule is CC(=O)N[C@@H]1CCCN(c2ccc3nnc(C4CC4)n3n2)C1. The van der Waals surface area contributed by atoms with E-state index in [1.54, 1.807) is 6.92 Å². The lowest BCUT2D eigenvalue weighted by Gasteiger charge is -2.33. The molecule has 1 aliphatic carbocycles. The van der Waals surface area contributed by atoms with Gasteiger partial charge >= 0.3 is 0 Å². The Balaban J connectivity index is 1.59. The number of carbonyl (C=O) groups is 1. The monoisotopic (exact) mass is 300 g/mol. The molecule has 22 heavy (non-hydrogen) atoms. The normalized spacial score (nSPS) is 22.0. The molecule has 1 amide bonds. The van der Waals surface area contributed by atoms with Crippen molar-refractivity contribution in [3.05, 3.63) is 18.0 Å². The molecule has 116 valence electrons. The van der Waals surface area contributed by atoms with E-state index < -0.39 is 0 Å². The van der Waals surface area contributed by atoms with Crippen molar-refractivity contribution in [1.82, 2.24) is 25.1 Å². The Morgan fingerprint density at radius 3 is 2.91 bits per heavy atom. The number of hydrogen-bond acceptors (Lipinski definition) is 5. The second kappa shape index (κ2) is 5.23. The molecule has 1 N–H and O–H groups in total. The van der Waals surface area contributed by atoms with Crippen LogP contribution in [0, 0.1) is 0 Å². The Kier molecular flexibility index (Phi) is 3.20. The molecule has 2 fully saturated rings. The van der Waals surface area contributed by atoms with Gasteiger partial charge in [-0.2, -0.15) is 4.52 Å². The summed E-state index contributed by atoms with van der Waals surface area (Å²) in [4.78, 5) is 13.5. The molecule has 1 atom stereocenters. The first-order valence-electron chi connectivity index (χ1n) is 7.95. The van der Waals surface area contributed by atoms with Crippen molar-refractivity contribution in [2.75, 3.05) is 18.0 Å². The lowest BCUT2D eigenvalue weighted by molar-refractivity contribution is -0.119. The minimum atomic E-state index is 0.0325. The highest BCUT2D eigenvalue weighted by molar-refractivity contribution is 5.73. The van der Waals surface area contributed by atoms with Crippen LogP contribution in [0.4, 0.5) is 5.82 Å². The van der Waals surface area contributed by atoms with Gasteiger partial charge < -0.3 is 10.2 Å². The summed E-state index contributed by atoms with van der Waals surface area (Å²) in [5, 5.41) is 16.2. The molecule has 0 unspecified atom stereocenters. The minimum absolute atomic E-state index is 0.0325. The Morgan fingerprint density at radius 2 is 2.14 bits per heavy atom. The van der Waals surface area contributed by atoms with Gasteiger partial charge in [-0.15, -0.1) is 15.3 Å². The van der Waals surface area contributed by atoms with E-state index in [2.05, 4.69) is 20.4 Å². The number of carbonyl (C=O) groups excluding carboxylic acids is 1. The van der Waals surface area contributed by atoms with Crippen LogP contribution in [0.15, 0.2) is 12.1 Å². The molecule has 1 aliphatic heterocycles. The molecule has 0 bridgehead atoms. The van der Waals surface area contributed by atoms with E-state index in [9.17, 15) is 4.79 Å². The molecule has 1 saturated heterocycles. The lowest BCUT2D eigenvalue weighted by atomic mass is 10.1. The van der Waals surface area contributed by atoms with Crippen molar-refractivity contribution in [2.45, 2.75) is 44.6 Å². The predicted molar refractivity (Wildman–Crippen MR) is 81.8 cm³/mol. The first-order chi connectivity index (χ1) is 10.7. The maximum Gasteiger partial charge on any atom is 0.217 e. The van der Waals surface area contributed by atoms with Gasteiger partial charge in [-0.1, -0.05) is 0 Å². The maximum absolute atomic E-state index is 11.3. The Morgan fingerprint density at radius 1 is 1.27 bits per heavy atom. The molecule has 2 aromatic rings. The van der Waals surface area contributed by atoms with E-state index in [1.165, 1.54) is 12.8 Å². The summed E-state index contributed by atoms with van der Waals surface area (Å²) in [5.41, 5.74) is 0.807. The summed E-state index contributed by atoms with van der Waals surface area (Å²) < 4.78 is 1.88. The molecule has 2 aromatic heterocycles. The molecular weight excluding hydrogens is 280 g/mol. The first-order valence-corrected chi connectivity index (χ1v) is 7.95. The molecule has 2 aliphatic rings. The third-order valence-corrected chi connectivity index (χ3v) is 4.37. The van der Waals surface area contributed by atoms with Crippen LogP contribution in [0.2, 0.25) is 0 Å². The Labute approximate surface area is 128 Å². The molecule has 0 radical (unpaired) electrons. The number of nitrogens with zero attached hydrogens (tertiary/aromatic N) is 5. The number of aromatic nitrogens is 4. The number of nitrogens with one attached hydrogen (secondary N) is 1. The molecule has 0 spiro atoms. The fourth-order valence-electron chi connectivity index (χ4n) is 3.15. The highest BCUT2D eigenvalue weighted by Crippen LogP contribution is 2.38. The van der Waals surface area contributed by atoms with Crippen molar-refractivity contribution in [1.29, 1.82) is 0 Å². The second-order valence-electron chi connectivity index (χ2n) is 6.28. The van der Waals surface area contributed by atoms with Crippen LogP contribution in [-0.4, -0.2) is 44.8 Å². The van der Waals surface area contributed by atoms with Gasteiger partial charge in [0.25, 0.3) is 0 Å². The van der Waals surface area contributed by atoms with Crippen LogP contribution < -0.4 is 10.2 Å². The van der Waals surface area contributed by atoms with E-state index >= 15 is 0 Å². The number of rotatable bonds is 3. The van der Waals surface area contributed by atoms with Gasteiger partial charge in [-0.3, -0.25) is 4.79 Å². The van der Waals surface area contributed by atoms with E-state index in [1.807, 2.05) is 16.6 Å². The Hall–Kier alpha value is -2.18. The van der Waals surface area contributed by atoms with Gasteiger partial charge in [0.1, 0.15) is 5.82 Å². The average molecular weight is 300 g/mol. The van der Waals surface area contributed by atoms with Gasteiger partial charge in [0.2, 0.25) is 5.91 Å². The van der Waals surface area contributed by atoms with E-state index in [-0.39, 0.29) is 11.9 Å². The highest BCUT2D eigenvalue weighted by Gasteiger charge is 2.29. The van der Waals surface area contributed by atoms with Crippen LogP contribution >= 0.6 is 0 Å². The summed E-state index contributed by atoms with van der Waals surface area (Å²) in [6.07, 6.45) is 4.45. The van der Waals surface area contributed by atoms with Crippen molar-refractivity contribution in [3.63, 3.8) is 0 Å². The summed E-state index contributed by atoms with van der Waals surface area (Å²) in [7, 11) is 0. The van der Waals surface area contributed by atoms with Gasteiger partial charge in [-0.25, -0.2) is 0 Å². The highest BCUT2D eigenvalue weighted by atomic mass is 16.1. The van der Waals surface area contributed by atoms with Crippen LogP contribution in [0.25, 0.3) is 5.65 Å². The number of piperidine rings is 1. The smallest absolute Gasteiger partial charge is 0.217 e. The molecule has 4 rings (SSSR count). The van der Waals surface area contributed by atoms with Gasteiger partial charge in [0, 0.05) is 32.0 Å². The lowest BCUT2D eigenvalue weighted by Crippen LogP contribution is -2.47. The number of anilines is 1. The zero-order valence-electron chi connectivity index (χ0n) is 12.7. The van der Waals surface area contributed by atoms with Crippen LogP contribution in [0.1, 0.15) is 44.3 Å². The standard InChI is InChI=1S/C15H20N6O/c1-10(22)16-12-3-2-8-20(9-12)14-7-6-13-17-18-15(11-4-5-11)21(13)19-14/h6-7,11-12H,2-5,8-9H2,1H3,(H,16,22)/t12-/m1/s1. The molecule has 0 aromatic carbocycles. The molecule has 1 saturated carbocycles. The summed E-state index contributed by atoms with van der Waals surface area (Å²) in [5.74, 6) is 2.47. The molecular formula is C15H20N6O. The third-order valence-electron chi connectivity index (χ3n) is 4.37. The topological polar surface area (TPSA) is 75.4 Å². The quantitative estimate of drug-likeness (QED) is 0.919. The largest absolute Gasteiger partial charge is 0.353 e. The summed E-state index contributed by atoms with van der Waals surface area (Å²) in [6.45, 7) is 3.34. The van der Waals surface area contributed by atoms with Crippen LogP contribution in [0.3, 0.4) is 0 Å². The average Bonchev–Trinajstić information content (AvgIpc) is 3.26. The third kappa shape index (κ3) is 2.51. The fraction of sp³-hybridized carbons (Fsp3) is 0.600. The van der Waals surface area contributed by atoms with Gasteiger partial charge in [0.05, 0.1) is 0 Å². The Bertz CT molecular complexity index is 707.